The summed E-state index contributed by atoms with van der Waals surface area (Å²) < 4.78 is 0. The topological polar surface area (TPSA) is 0 Å². The zero-order valence-corrected chi connectivity index (χ0v) is 18.1. The van der Waals surface area contributed by atoms with Crippen LogP contribution in [0.15, 0.2) is 60.7 Å². The summed E-state index contributed by atoms with van der Waals surface area (Å²) in [5, 5.41) is 3.36. The van der Waals surface area contributed by atoms with E-state index in [0.29, 0.717) is 0 Å². The molecule has 0 saturated carbocycles. The first-order valence-corrected chi connectivity index (χ1v) is 20.2. The van der Waals surface area contributed by atoms with Gasteiger partial charge in [-0.05, 0) is 0 Å². The Morgan fingerprint density at radius 3 is 1.29 bits per heavy atom. The van der Waals surface area contributed by atoms with Gasteiger partial charge in [-0.2, -0.15) is 0 Å². The maximum absolute atomic E-state index is 2.62. The molecule has 0 spiro atoms. The largest absolute Gasteiger partial charge is 0.137 e. The first kappa shape index (κ1) is 16.9. The van der Waals surface area contributed by atoms with Crippen LogP contribution in [0.1, 0.15) is 0 Å². The van der Waals surface area contributed by atoms with Crippen molar-refractivity contribution in [3.8, 4) is 0 Å². The minimum Gasteiger partial charge on any atom is -0.137 e. The molecule has 0 bridgehead atoms. The highest BCUT2D eigenvalue weighted by molar-refractivity contribution is 8.34. The number of hydrogen-bond acceptors (Lipinski definition) is 0. The van der Waals surface area contributed by atoms with E-state index in [9.17, 15) is 0 Å². The van der Waals surface area contributed by atoms with Gasteiger partial charge in [0.1, 0.15) is 0 Å². The smallest absolute Gasteiger partial charge is 0.0867 e. The normalized spacial score (nSPS) is 16.2. The summed E-state index contributed by atoms with van der Waals surface area (Å²) in [4.78, 5) is 0. The minimum atomic E-state index is -1.09. The molecule has 21 heavy (non-hydrogen) atoms. The Balaban J connectivity index is 2.36. The van der Waals surface area contributed by atoms with Gasteiger partial charge in [0.05, 0.1) is 24.7 Å². The summed E-state index contributed by atoms with van der Waals surface area (Å²) in [6.45, 7) is 13.3. The summed E-state index contributed by atoms with van der Waals surface area (Å²) in [5.41, 5.74) is 0. The van der Waals surface area contributed by atoms with Gasteiger partial charge < -0.3 is 0 Å². The molecular formula is C17H27PSi3. The second-order valence-corrected chi connectivity index (χ2v) is 34.4. The van der Waals surface area contributed by atoms with E-state index in [1.54, 1.807) is 10.4 Å². The molecule has 2 atom stereocenters. The van der Waals surface area contributed by atoms with Gasteiger partial charge in [-0.25, -0.2) is 0 Å². The fourth-order valence-electron chi connectivity index (χ4n) is 3.28. The van der Waals surface area contributed by atoms with Crippen molar-refractivity contribution >= 4 is 41.6 Å². The zero-order valence-electron chi connectivity index (χ0n) is 13.9. The SMILES string of the molecule is C[SiH](c1ccccc1)P([SiH](C)c1ccccc1)[Si](C)(C)C. The maximum Gasteiger partial charge on any atom is 0.0867 e. The van der Waals surface area contributed by atoms with Gasteiger partial charge in [-0.15, -0.1) is 6.57 Å². The average Bonchev–Trinajstić information content (AvgIpc) is 2.47. The molecule has 2 rings (SSSR count). The molecule has 0 radical (unpaired) electrons. The van der Waals surface area contributed by atoms with E-state index in [0.717, 1.165) is 0 Å². The van der Waals surface area contributed by atoms with Crippen LogP contribution in [-0.4, -0.2) is 24.7 Å². The van der Waals surface area contributed by atoms with E-state index in [1.807, 2.05) is 0 Å². The van der Waals surface area contributed by atoms with Crippen LogP contribution in [0.2, 0.25) is 32.7 Å². The van der Waals surface area contributed by atoms with Gasteiger partial charge in [0.15, 0.2) is 0 Å². The predicted molar refractivity (Wildman–Crippen MR) is 108 cm³/mol. The Morgan fingerprint density at radius 2 is 1.00 bits per heavy atom. The van der Waals surface area contributed by atoms with Gasteiger partial charge in [-0.3, -0.25) is 0 Å². The first-order valence-electron chi connectivity index (χ1n) is 7.79. The molecule has 0 aromatic heterocycles. The van der Waals surface area contributed by atoms with Gasteiger partial charge in [0.25, 0.3) is 0 Å². The second-order valence-electron chi connectivity index (χ2n) is 6.75. The summed E-state index contributed by atoms with van der Waals surface area (Å²) in [6.07, 6.45) is 0. The van der Waals surface area contributed by atoms with Gasteiger partial charge in [0, 0.05) is 0 Å². The van der Waals surface area contributed by atoms with Crippen LogP contribution >= 0.6 is 6.57 Å². The highest BCUT2D eigenvalue weighted by Gasteiger charge is 2.37. The van der Waals surface area contributed by atoms with E-state index in [1.165, 1.54) is 0 Å². The third-order valence-corrected chi connectivity index (χ3v) is 50.5. The number of rotatable bonds is 5. The molecular weight excluding hydrogens is 319 g/mol. The third-order valence-electron chi connectivity index (χ3n) is 4.17. The van der Waals surface area contributed by atoms with E-state index in [4.69, 9.17) is 0 Å². The lowest BCUT2D eigenvalue weighted by molar-refractivity contribution is 1.76. The summed E-state index contributed by atoms with van der Waals surface area (Å²) in [5.74, 6) is 0. The molecule has 0 aliphatic carbocycles. The van der Waals surface area contributed by atoms with Crippen LogP contribution in [0.5, 0.6) is 0 Å². The Bertz CT molecular complexity index is 506. The average molecular weight is 347 g/mol. The molecule has 0 aliphatic rings. The molecule has 2 unspecified atom stereocenters. The lowest BCUT2D eigenvalue weighted by Crippen LogP contribution is -2.43. The highest BCUT2D eigenvalue weighted by atomic mass is 31.8. The van der Waals surface area contributed by atoms with Crippen molar-refractivity contribution in [2.45, 2.75) is 32.7 Å². The Labute approximate surface area is 135 Å². The third kappa shape index (κ3) is 4.26. The molecule has 0 N–H and O–H groups in total. The van der Waals surface area contributed by atoms with Crippen LogP contribution in [0.4, 0.5) is 0 Å². The van der Waals surface area contributed by atoms with E-state index >= 15 is 0 Å². The summed E-state index contributed by atoms with van der Waals surface area (Å²) >= 11 is 0. The second kappa shape index (κ2) is 7.19. The van der Waals surface area contributed by atoms with Crippen LogP contribution < -0.4 is 10.4 Å². The van der Waals surface area contributed by atoms with Crippen molar-refractivity contribution in [3.63, 3.8) is 0 Å². The van der Waals surface area contributed by atoms with Crippen molar-refractivity contribution in [2.24, 2.45) is 0 Å². The van der Waals surface area contributed by atoms with Crippen molar-refractivity contribution in [2.75, 3.05) is 0 Å². The van der Waals surface area contributed by atoms with Crippen LogP contribution in [0.3, 0.4) is 0 Å². The van der Waals surface area contributed by atoms with E-state index in [2.05, 4.69) is 93.4 Å². The van der Waals surface area contributed by atoms with Gasteiger partial charge in [0.2, 0.25) is 0 Å². The van der Waals surface area contributed by atoms with Gasteiger partial charge in [-0.1, -0.05) is 104 Å². The Morgan fingerprint density at radius 1 is 0.667 bits per heavy atom. The molecule has 0 amide bonds. The zero-order chi connectivity index (χ0) is 15.5. The molecule has 0 saturated heterocycles. The van der Waals surface area contributed by atoms with E-state index < -0.39 is 24.7 Å². The van der Waals surface area contributed by atoms with Crippen LogP contribution in [0, 0.1) is 0 Å². The quantitative estimate of drug-likeness (QED) is 0.570. The van der Waals surface area contributed by atoms with E-state index in [-0.39, 0.29) is 6.57 Å². The van der Waals surface area contributed by atoms with Crippen LogP contribution in [0.25, 0.3) is 0 Å². The maximum atomic E-state index is 2.62. The highest BCUT2D eigenvalue weighted by Crippen LogP contribution is 2.50. The number of benzene rings is 2. The molecule has 2 aromatic rings. The van der Waals surface area contributed by atoms with Crippen molar-refractivity contribution in [1.29, 1.82) is 0 Å². The predicted octanol–water partition coefficient (Wildman–Crippen LogP) is 3.82. The van der Waals surface area contributed by atoms with Crippen molar-refractivity contribution in [1.82, 2.24) is 0 Å². The molecule has 0 fully saturated rings. The molecule has 4 heteroatoms. The first-order chi connectivity index (χ1) is 9.91. The molecule has 0 nitrogen and oxygen atoms in total. The summed E-state index contributed by atoms with van der Waals surface area (Å²) in [7, 11) is -2.77. The van der Waals surface area contributed by atoms with Gasteiger partial charge >= 0.3 is 0 Å². The van der Waals surface area contributed by atoms with Crippen molar-refractivity contribution in [3.05, 3.63) is 60.7 Å². The fourth-order valence-corrected chi connectivity index (χ4v) is 53.2. The molecule has 0 aliphatic heterocycles. The molecule has 0 heterocycles. The standard InChI is InChI=1S/C17H27PSi3/c1-19(16-12-8-6-9-13-16)18(21(3,4)5)20(2)17-14-10-7-11-15-17/h6-15,19-20H,1-5H3. The number of hydrogen-bond donors (Lipinski definition) is 0. The summed E-state index contributed by atoms with van der Waals surface area (Å²) in [6, 6.07) is 22.8. The van der Waals surface area contributed by atoms with Crippen molar-refractivity contribution < 1.29 is 0 Å². The monoisotopic (exact) mass is 346 g/mol. The Kier molecular flexibility index (Phi) is 5.78. The minimum absolute atomic E-state index is 0.240. The molecule has 112 valence electrons. The van der Waals surface area contributed by atoms with Crippen LogP contribution in [-0.2, 0) is 0 Å². The Hall–Kier alpha value is -0.479. The lowest BCUT2D eigenvalue weighted by atomic mass is 10.4. The lowest BCUT2D eigenvalue weighted by Gasteiger charge is -2.39. The molecule has 2 aromatic carbocycles. The fraction of sp³-hybridized carbons (Fsp3) is 0.294.